The summed E-state index contributed by atoms with van der Waals surface area (Å²) < 4.78 is 0. The molecular formula is C18H22N2O. The topological polar surface area (TPSA) is 41.1 Å². The molecule has 110 valence electrons. The van der Waals surface area contributed by atoms with Gasteiger partial charge >= 0.3 is 0 Å². The van der Waals surface area contributed by atoms with Crippen molar-refractivity contribution < 1.29 is 4.79 Å². The lowest BCUT2D eigenvalue weighted by molar-refractivity contribution is -0.130. The molecule has 2 aromatic rings. The number of benzene rings is 2. The standard InChI is InChI=1S/C18H22N2O/c1-2-18(10-11-19-13-18)17(21)20-12-15-8-5-7-14-6-3-4-9-16(14)15/h3-9,19H,2,10-13H2,1H3,(H,20,21). The molecule has 0 aliphatic carbocycles. The molecule has 2 aromatic carbocycles. The Hall–Kier alpha value is -1.87. The van der Waals surface area contributed by atoms with E-state index in [1.807, 2.05) is 12.1 Å². The van der Waals surface area contributed by atoms with E-state index in [0.717, 1.165) is 25.9 Å². The van der Waals surface area contributed by atoms with Crippen LogP contribution in [0.1, 0.15) is 25.3 Å². The lowest BCUT2D eigenvalue weighted by Crippen LogP contribution is -2.41. The molecule has 3 nitrogen and oxygen atoms in total. The maximum absolute atomic E-state index is 12.6. The Morgan fingerprint density at radius 2 is 2.05 bits per heavy atom. The number of fused-ring (bicyclic) bond motifs is 1. The van der Waals surface area contributed by atoms with Crippen LogP contribution in [-0.4, -0.2) is 19.0 Å². The van der Waals surface area contributed by atoms with Gasteiger partial charge in [-0.3, -0.25) is 4.79 Å². The summed E-state index contributed by atoms with van der Waals surface area (Å²) in [5.41, 5.74) is 0.962. The third-order valence-electron chi connectivity index (χ3n) is 4.72. The van der Waals surface area contributed by atoms with Gasteiger partial charge in [-0.05, 0) is 35.7 Å². The monoisotopic (exact) mass is 282 g/mol. The van der Waals surface area contributed by atoms with Gasteiger partial charge in [0.25, 0.3) is 0 Å². The molecule has 1 aliphatic heterocycles. The van der Waals surface area contributed by atoms with Gasteiger partial charge in [0.2, 0.25) is 5.91 Å². The van der Waals surface area contributed by atoms with Gasteiger partial charge in [-0.2, -0.15) is 0 Å². The molecule has 3 rings (SSSR count). The van der Waals surface area contributed by atoms with Gasteiger partial charge in [-0.1, -0.05) is 49.4 Å². The molecule has 0 spiro atoms. The molecule has 1 aliphatic rings. The van der Waals surface area contributed by atoms with E-state index in [-0.39, 0.29) is 11.3 Å². The van der Waals surface area contributed by atoms with Crippen molar-refractivity contribution in [3.63, 3.8) is 0 Å². The zero-order chi connectivity index (χ0) is 14.7. The number of amides is 1. The van der Waals surface area contributed by atoms with Crippen LogP contribution in [0, 0.1) is 5.41 Å². The van der Waals surface area contributed by atoms with Gasteiger partial charge in [0.05, 0.1) is 5.41 Å². The Balaban J connectivity index is 1.76. The molecule has 0 saturated carbocycles. The van der Waals surface area contributed by atoms with Crippen LogP contribution in [0.2, 0.25) is 0 Å². The van der Waals surface area contributed by atoms with Crippen molar-refractivity contribution in [3.05, 3.63) is 48.0 Å². The SMILES string of the molecule is CCC1(C(=O)NCc2cccc3ccccc23)CCNC1. The number of rotatable bonds is 4. The van der Waals surface area contributed by atoms with E-state index in [0.29, 0.717) is 6.54 Å². The zero-order valence-corrected chi connectivity index (χ0v) is 12.5. The number of carbonyl (C=O) groups excluding carboxylic acids is 1. The Labute approximate surface area is 125 Å². The van der Waals surface area contributed by atoms with Crippen LogP contribution < -0.4 is 10.6 Å². The van der Waals surface area contributed by atoms with Crippen LogP contribution in [0.3, 0.4) is 0 Å². The molecule has 1 heterocycles. The van der Waals surface area contributed by atoms with Crippen molar-refractivity contribution in [2.75, 3.05) is 13.1 Å². The molecule has 3 heteroatoms. The van der Waals surface area contributed by atoms with Gasteiger partial charge in [-0.25, -0.2) is 0 Å². The second-order valence-corrected chi connectivity index (χ2v) is 5.88. The average Bonchev–Trinajstić information content (AvgIpc) is 3.03. The summed E-state index contributed by atoms with van der Waals surface area (Å²) in [6.07, 6.45) is 1.83. The third-order valence-corrected chi connectivity index (χ3v) is 4.72. The summed E-state index contributed by atoms with van der Waals surface area (Å²) in [6, 6.07) is 14.6. The highest BCUT2D eigenvalue weighted by Crippen LogP contribution is 2.29. The molecule has 0 bridgehead atoms. The smallest absolute Gasteiger partial charge is 0.227 e. The van der Waals surface area contributed by atoms with E-state index in [1.54, 1.807) is 0 Å². The summed E-state index contributed by atoms with van der Waals surface area (Å²) >= 11 is 0. The molecule has 0 radical (unpaired) electrons. The van der Waals surface area contributed by atoms with Crippen molar-refractivity contribution in [2.45, 2.75) is 26.3 Å². The van der Waals surface area contributed by atoms with Gasteiger partial charge in [0.1, 0.15) is 0 Å². The molecule has 1 amide bonds. The predicted molar refractivity (Wildman–Crippen MR) is 86.0 cm³/mol. The van der Waals surface area contributed by atoms with Crippen molar-refractivity contribution in [3.8, 4) is 0 Å². The molecule has 2 N–H and O–H groups in total. The first-order valence-corrected chi connectivity index (χ1v) is 7.71. The Kier molecular flexibility index (Phi) is 3.93. The van der Waals surface area contributed by atoms with Crippen LogP contribution in [0.15, 0.2) is 42.5 Å². The van der Waals surface area contributed by atoms with Gasteiger partial charge in [0.15, 0.2) is 0 Å². The maximum atomic E-state index is 12.6. The molecule has 0 aromatic heterocycles. The van der Waals surface area contributed by atoms with Crippen molar-refractivity contribution in [1.82, 2.24) is 10.6 Å². The molecular weight excluding hydrogens is 260 g/mol. The normalized spacial score (nSPS) is 21.6. The van der Waals surface area contributed by atoms with E-state index >= 15 is 0 Å². The van der Waals surface area contributed by atoms with Crippen LogP contribution in [0.5, 0.6) is 0 Å². The Bertz CT molecular complexity index is 639. The fraction of sp³-hybridized carbons (Fsp3) is 0.389. The van der Waals surface area contributed by atoms with Crippen molar-refractivity contribution in [1.29, 1.82) is 0 Å². The molecule has 1 unspecified atom stereocenters. The quantitative estimate of drug-likeness (QED) is 0.905. The summed E-state index contributed by atoms with van der Waals surface area (Å²) in [5.74, 6) is 0.183. The number of hydrogen-bond donors (Lipinski definition) is 2. The van der Waals surface area contributed by atoms with Crippen LogP contribution in [0.25, 0.3) is 10.8 Å². The summed E-state index contributed by atoms with van der Waals surface area (Å²) in [7, 11) is 0. The third kappa shape index (κ3) is 2.66. The molecule has 1 fully saturated rings. The summed E-state index contributed by atoms with van der Waals surface area (Å²) in [4.78, 5) is 12.6. The van der Waals surface area contributed by atoms with E-state index in [1.165, 1.54) is 16.3 Å². The van der Waals surface area contributed by atoms with Crippen LogP contribution in [0.4, 0.5) is 0 Å². The van der Waals surface area contributed by atoms with Gasteiger partial charge < -0.3 is 10.6 Å². The van der Waals surface area contributed by atoms with E-state index in [4.69, 9.17) is 0 Å². The second-order valence-electron chi connectivity index (χ2n) is 5.88. The minimum absolute atomic E-state index is 0.183. The second kappa shape index (κ2) is 5.86. The highest BCUT2D eigenvalue weighted by Gasteiger charge is 2.39. The number of carbonyl (C=O) groups is 1. The molecule has 21 heavy (non-hydrogen) atoms. The van der Waals surface area contributed by atoms with Crippen LogP contribution in [-0.2, 0) is 11.3 Å². The first kappa shape index (κ1) is 14.1. The van der Waals surface area contributed by atoms with Crippen molar-refractivity contribution in [2.24, 2.45) is 5.41 Å². The fourth-order valence-corrected chi connectivity index (χ4v) is 3.21. The first-order valence-electron chi connectivity index (χ1n) is 7.71. The van der Waals surface area contributed by atoms with E-state index < -0.39 is 0 Å². The van der Waals surface area contributed by atoms with Gasteiger partial charge in [0, 0.05) is 13.1 Å². The average molecular weight is 282 g/mol. The summed E-state index contributed by atoms with van der Waals surface area (Å²) in [5, 5.41) is 8.90. The number of hydrogen-bond acceptors (Lipinski definition) is 2. The predicted octanol–water partition coefficient (Wildman–Crippen LogP) is 2.85. The molecule has 1 atom stereocenters. The lowest BCUT2D eigenvalue weighted by atomic mass is 9.83. The maximum Gasteiger partial charge on any atom is 0.227 e. The highest BCUT2D eigenvalue weighted by molar-refractivity contribution is 5.87. The van der Waals surface area contributed by atoms with Gasteiger partial charge in [-0.15, -0.1) is 0 Å². The number of nitrogens with one attached hydrogen (secondary N) is 2. The molecule has 1 saturated heterocycles. The Morgan fingerprint density at radius 1 is 1.24 bits per heavy atom. The Morgan fingerprint density at radius 3 is 2.81 bits per heavy atom. The highest BCUT2D eigenvalue weighted by atomic mass is 16.2. The minimum atomic E-state index is -0.218. The summed E-state index contributed by atoms with van der Waals surface area (Å²) in [6.45, 7) is 4.44. The zero-order valence-electron chi connectivity index (χ0n) is 12.5. The minimum Gasteiger partial charge on any atom is -0.351 e. The first-order chi connectivity index (χ1) is 10.2. The lowest BCUT2D eigenvalue weighted by Gasteiger charge is -2.25. The van der Waals surface area contributed by atoms with E-state index in [9.17, 15) is 4.79 Å². The largest absolute Gasteiger partial charge is 0.351 e. The van der Waals surface area contributed by atoms with E-state index in [2.05, 4.69) is 47.9 Å². The van der Waals surface area contributed by atoms with Crippen molar-refractivity contribution >= 4 is 16.7 Å². The van der Waals surface area contributed by atoms with Crippen LogP contribution >= 0.6 is 0 Å². The fourth-order valence-electron chi connectivity index (χ4n) is 3.21.